The lowest BCUT2D eigenvalue weighted by molar-refractivity contribution is -0.125. The van der Waals surface area contributed by atoms with Gasteiger partial charge in [-0.1, -0.05) is 0 Å². The van der Waals surface area contributed by atoms with E-state index in [1.165, 1.54) is 19.2 Å². The Kier molecular flexibility index (Phi) is 5.45. The number of hydrogen-bond acceptors (Lipinski definition) is 5. The van der Waals surface area contributed by atoms with E-state index in [4.69, 9.17) is 5.26 Å². The molecule has 0 aromatic carbocycles. The second-order valence-corrected chi connectivity index (χ2v) is 4.51. The molecule has 0 aliphatic heterocycles. The Morgan fingerprint density at radius 2 is 1.96 bits per heavy atom. The molecule has 2 N–H and O–H groups in total. The number of imide groups is 1. The zero-order valence-corrected chi connectivity index (χ0v) is 12.1. The van der Waals surface area contributed by atoms with Crippen molar-refractivity contribution < 1.29 is 22.8 Å². The minimum Gasteiger partial charge on any atom is -0.329 e. The van der Waals surface area contributed by atoms with E-state index >= 15 is 0 Å². The number of nitriles is 1. The predicted molar refractivity (Wildman–Crippen MR) is 70.3 cm³/mol. The Balaban J connectivity index is 2.80. The lowest BCUT2D eigenvalue weighted by Crippen LogP contribution is -2.45. The minimum absolute atomic E-state index is 0.202. The minimum atomic E-state index is -4.62. The molecule has 0 unspecified atom stereocenters. The van der Waals surface area contributed by atoms with Crippen molar-refractivity contribution in [1.29, 1.82) is 5.26 Å². The third-order valence-corrected chi connectivity index (χ3v) is 2.74. The van der Waals surface area contributed by atoms with Crippen molar-refractivity contribution in [3.63, 3.8) is 0 Å². The first-order valence-electron chi connectivity index (χ1n) is 6.18. The Hall–Kier alpha value is -2.90. The Bertz CT molecular complexity index is 733. The van der Waals surface area contributed by atoms with Crippen molar-refractivity contribution in [1.82, 2.24) is 20.4 Å². The molecule has 1 aromatic heterocycles. The summed E-state index contributed by atoms with van der Waals surface area (Å²) in [6.07, 6.45) is -4.62. The van der Waals surface area contributed by atoms with Crippen LogP contribution >= 0.6 is 0 Å². The normalized spacial score (nSPS) is 10.8. The van der Waals surface area contributed by atoms with Gasteiger partial charge >= 0.3 is 12.2 Å². The fourth-order valence-electron chi connectivity index (χ4n) is 1.54. The third-order valence-electron chi connectivity index (χ3n) is 2.74. The summed E-state index contributed by atoms with van der Waals surface area (Å²) in [6.45, 7) is 0.706. The van der Waals surface area contributed by atoms with Gasteiger partial charge in [0.2, 0.25) is 5.91 Å². The maximum atomic E-state index is 11.9. The highest BCUT2D eigenvalue weighted by atomic mass is 19.4. The summed E-state index contributed by atoms with van der Waals surface area (Å²) in [5.74, 6) is -1.05. The number of carbonyl (C=O) groups is 2. The summed E-state index contributed by atoms with van der Waals surface area (Å²) in [5.41, 5.74) is -0.346. The predicted octanol–water partition coefficient (Wildman–Crippen LogP) is 0.120. The van der Waals surface area contributed by atoms with Gasteiger partial charge in [0.1, 0.15) is 24.7 Å². The number of urea groups is 1. The average molecular weight is 331 g/mol. The van der Waals surface area contributed by atoms with E-state index in [-0.39, 0.29) is 5.56 Å². The number of nitrogens with one attached hydrogen (secondary N) is 2. The summed E-state index contributed by atoms with van der Waals surface area (Å²) >= 11 is 0. The zero-order chi connectivity index (χ0) is 17.8. The standard InChI is InChI=1S/C12H12F3N5O3/c1-6-7(2)19-20(10(22)8(6)3-16)4-9(21)18-11(23)17-5-12(13,14)15/h4-5H2,1-2H3,(H2,17,18,21,23). The molecule has 0 spiro atoms. The SMILES string of the molecule is Cc1nn(CC(=O)NC(=O)NCC(F)(F)F)c(=O)c(C#N)c1C. The fraction of sp³-hybridized carbons (Fsp3) is 0.417. The van der Waals surface area contributed by atoms with Gasteiger partial charge in [-0.3, -0.25) is 14.9 Å². The molecule has 23 heavy (non-hydrogen) atoms. The van der Waals surface area contributed by atoms with Gasteiger partial charge in [-0.05, 0) is 19.4 Å². The van der Waals surface area contributed by atoms with Crippen molar-refractivity contribution in [2.45, 2.75) is 26.6 Å². The molecule has 0 aliphatic rings. The van der Waals surface area contributed by atoms with Gasteiger partial charge in [0.25, 0.3) is 5.56 Å². The molecule has 8 nitrogen and oxygen atoms in total. The van der Waals surface area contributed by atoms with Crippen molar-refractivity contribution in [2.24, 2.45) is 0 Å². The summed E-state index contributed by atoms with van der Waals surface area (Å²) in [7, 11) is 0. The molecule has 0 radical (unpaired) electrons. The lowest BCUT2D eigenvalue weighted by Gasteiger charge is -2.10. The van der Waals surface area contributed by atoms with Crippen molar-refractivity contribution in [2.75, 3.05) is 6.54 Å². The number of carbonyl (C=O) groups excluding carboxylic acids is 2. The second kappa shape index (κ2) is 6.91. The van der Waals surface area contributed by atoms with E-state index in [2.05, 4.69) is 5.10 Å². The monoisotopic (exact) mass is 331 g/mol. The molecule has 3 amide bonds. The highest BCUT2D eigenvalue weighted by Gasteiger charge is 2.28. The van der Waals surface area contributed by atoms with Crippen LogP contribution in [0.2, 0.25) is 0 Å². The first-order chi connectivity index (χ1) is 10.5. The van der Waals surface area contributed by atoms with Crippen LogP contribution in [-0.2, 0) is 11.3 Å². The van der Waals surface area contributed by atoms with Crippen LogP contribution in [0.3, 0.4) is 0 Å². The van der Waals surface area contributed by atoms with Gasteiger partial charge in [0.05, 0.1) is 5.69 Å². The van der Waals surface area contributed by atoms with Crippen molar-refractivity contribution in [3.05, 3.63) is 27.2 Å². The fourth-order valence-corrected chi connectivity index (χ4v) is 1.54. The smallest absolute Gasteiger partial charge is 0.329 e. The molecule has 0 fully saturated rings. The van der Waals surface area contributed by atoms with E-state index in [0.29, 0.717) is 15.9 Å². The molecule has 124 valence electrons. The third kappa shape index (κ3) is 5.10. The van der Waals surface area contributed by atoms with Crippen molar-refractivity contribution in [3.8, 4) is 6.07 Å². The quantitative estimate of drug-likeness (QED) is 0.816. The summed E-state index contributed by atoms with van der Waals surface area (Å²) in [5, 5.41) is 15.8. The second-order valence-electron chi connectivity index (χ2n) is 4.51. The summed E-state index contributed by atoms with van der Waals surface area (Å²) in [6, 6.07) is 0.330. The average Bonchev–Trinajstić information content (AvgIpc) is 2.42. The van der Waals surface area contributed by atoms with Crippen LogP contribution in [0.25, 0.3) is 0 Å². The highest BCUT2D eigenvalue weighted by Crippen LogP contribution is 2.11. The summed E-state index contributed by atoms with van der Waals surface area (Å²) in [4.78, 5) is 34.6. The molecule has 11 heteroatoms. The number of rotatable bonds is 3. The van der Waals surface area contributed by atoms with Crippen LogP contribution in [0.1, 0.15) is 16.8 Å². The van der Waals surface area contributed by atoms with Crippen LogP contribution in [0.5, 0.6) is 0 Å². The van der Waals surface area contributed by atoms with Gasteiger partial charge in [-0.15, -0.1) is 0 Å². The number of hydrogen-bond donors (Lipinski definition) is 2. The maximum Gasteiger partial charge on any atom is 0.405 e. The van der Waals surface area contributed by atoms with Gasteiger partial charge in [0, 0.05) is 0 Å². The van der Waals surface area contributed by atoms with Crippen LogP contribution in [-0.4, -0.2) is 34.4 Å². The molecular formula is C12H12F3N5O3. The van der Waals surface area contributed by atoms with E-state index in [0.717, 1.165) is 0 Å². The number of alkyl halides is 3. The van der Waals surface area contributed by atoms with Crippen LogP contribution in [0.4, 0.5) is 18.0 Å². The van der Waals surface area contributed by atoms with Gasteiger partial charge in [0.15, 0.2) is 0 Å². The zero-order valence-electron chi connectivity index (χ0n) is 12.1. The first-order valence-corrected chi connectivity index (χ1v) is 6.18. The number of halogens is 3. The van der Waals surface area contributed by atoms with E-state index in [1.807, 2.05) is 0 Å². The van der Waals surface area contributed by atoms with Gasteiger partial charge in [-0.2, -0.15) is 23.5 Å². The molecule has 0 saturated carbocycles. The molecule has 0 saturated heterocycles. The number of amides is 3. The molecule has 0 aliphatic carbocycles. The van der Waals surface area contributed by atoms with E-state index < -0.39 is 36.8 Å². The van der Waals surface area contributed by atoms with Crippen LogP contribution in [0, 0.1) is 25.2 Å². The largest absolute Gasteiger partial charge is 0.405 e. The van der Waals surface area contributed by atoms with Crippen LogP contribution < -0.4 is 16.2 Å². The number of aromatic nitrogens is 2. The Morgan fingerprint density at radius 1 is 1.35 bits per heavy atom. The van der Waals surface area contributed by atoms with E-state index in [9.17, 15) is 27.6 Å². The Labute approximate surface area is 127 Å². The Morgan fingerprint density at radius 3 is 2.48 bits per heavy atom. The lowest BCUT2D eigenvalue weighted by atomic mass is 10.1. The van der Waals surface area contributed by atoms with Crippen molar-refractivity contribution >= 4 is 11.9 Å². The molecule has 1 heterocycles. The molecular weight excluding hydrogens is 319 g/mol. The molecule has 0 atom stereocenters. The summed E-state index contributed by atoms with van der Waals surface area (Å²) < 4.78 is 36.4. The highest BCUT2D eigenvalue weighted by molar-refractivity contribution is 5.94. The maximum absolute atomic E-state index is 11.9. The molecule has 1 aromatic rings. The van der Waals surface area contributed by atoms with E-state index in [1.54, 1.807) is 11.4 Å². The van der Waals surface area contributed by atoms with Crippen LogP contribution in [0.15, 0.2) is 4.79 Å². The topological polar surface area (TPSA) is 117 Å². The molecule has 0 bridgehead atoms. The number of nitrogens with zero attached hydrogens (tertiary/aromatic N) is 3. The molecule has 1 rings (SSSR count). The van der Waals surface area contributed by atoms with Gasteiger partial charge < -0.3 is 5.32 Å². The number of aryl methyl sites for hydroxylation is 1. The van der Waals surface area contributed by atoms with Gasteiger partial charge in [-0.25, -0.2) is 9.48 Å². The first kappa shape index (κ1) is 18.1.